The van der Waals surface area contributed by atoms with Gasteiger partial charge in [-0.25, -0.2) is 5.43 Å². The number of benzene rings is 2. The van der Waals surface area contributed by atoms with Crippen LogP contribution in [0.4, 0.5) is 0 Å². The molecule has 7 heteroatoms. The lowest BCUT2D eigenvalue weighted by Gasteiger charge is -2.19. The Morgan fingerprint density at radius 1 is 1.06 bits per heavy atom. The van der Waals surface area contributed by atoms with Gasteiger partial charge in [0, 0.05) is 22.2 Å². The number of nitrogens with one attached hydrogen (secondary N) is 3. The average Bonchev–Trinajstić information content (AvgIpc) is 3.07. The first-order valence-corrected chi connectivity index (χ1v) is 11.1. The van der Waals surface area contributed by atoms with E-state index in [1.165, 1.54) is 0 Å². The van der Waals surface area contributed by atoms with Gasteiger partial charge in [-0.1, -0.05) is 50.2 Å². The van der Waals surface area contributed by atoms with Crippen molar-refractivity contribution < 1.29 is 14.3 Å². The van der Waals surface area contributed by atoms with E-state index < -0.39 is 6.04 Å². The van der Waals surface area contributed by atoms with Crippen LogP contribution >= 0.6 is 0 Å². The van der Waals surface area contributed by atoms with Crippen molar-refractivity contribution in [3.8, 4) is 5.75 Å². The molecule has 7 nitrogen and oxygen atoms in total. The number of hydrazone groups is 1. The number of aromatic nitrogens is 1. The van der Waals surface area contributed by atoms with Gasteiger partial charge in [-0.05, 0) is 50.3 Å². The second-order valence-corrected chi connectivity index (χ2v) is 8.70. The molecule has 1 aromatic heterocycles. The van der Waals surface area contributed by atoms with Gasteiger partial charge < -0.3 is 15.0 Å². The summed E-state index contributed by atoms with van der Waals surface area (Å²) >= 11 is 0. The van der Waals surface area contributed by atoms with E-state index >= 15 is 0 Å². The molecule has 0 saturated carbocycles. The number of nitrogens with zero attached hydrogens (tertiary/aromatic N) is 1. The molecule has 2 aromatic carbocycles. The van der Waals surface area contributed by atoms with Crippen LogP contribution in [0, 0.1) is 26.7 Å². The Labute approximate surface area is 194 Å². The number of aryl methyl sites for hydroxylation is 3. The average molecular weight is 449 g/mol. The number of aromatic amines is 1. The van der Waals surface area contributed by atoms with E-state index in [0.29, 0.717) is 12.2 Å². The van der Waals surface area contributed by atoms with Crippen LogP contribution < -0.4 is 15.5 Å². The molecule has 0 radical (unpaired) electrons. The Kier molecular flexibility index (Phi) is 7.87. The van der Waals surface area contributed by atoms with Crippen LogP contribution in [-0.2, 0) is 9.59 Å². The first kappa shape index (κ1) is 24.0. The van der Waals surface area contributed by atoms with E-state index in [1.54, 1.807) is 6.21 Å². The lowest BCUT2D eigenvalue weighted by atomic mass is 10.0. The fraction of sp³-hybridized carbons (Fsp3) is 0.346. The van der Waals surface area contributed by atoms with Crippen molar-refractivity contribution in [3.63, 3.8) is 0 Å². The van der Waals surface area contributed by atoms with Gasteiger partial charge in [-0.3, -0.25) is 9.59 Å². The third kappa shape index (κ3) is 6.22. The van der Waals surface area contributed by atoms with Crippen molar-refractivity contribution in [2.75, 3.05) is 6.61 Å². The topological polar surface area (TPSA) is 95.6 Å². The Balaban J connectivity index is 1.62. The molecule has 3 aromatic rings. The Morgan fingerprint density at radius 2 is 1.76 bits per heavy atom. The normalized spacial score (nSPS) is 12.3. The first-order chi connectivity index (χ1) is 15.8. The molecule has 1 atom stereocenters. The zero-order chi connectivity index (χ0) is 24.0. The molecule has 1 heterocycles. The molecule has 0 aliphatic carbocycles. The van der Waals surface area contributed by atoms with E-state index in [-0.39, 0.29) is 24.3 Å². The number of hydrogen-bond acceptors (Lipinski definition) is 4. The summed E-state index contributed by atoms with van der Waals surface area (Å²) in [6, 6.07) is 13.0. The van der Waals surface area contributed by atoms with Gasteiger partial charge in [0.1, 0.15) is 11.8 Å². The van der Waals surface area contributed by atoms with Crippen LogP contribution in [0.3, 0.4) is 0 Å². The number of fused-ring (bicyclic) bond motifs is 1. The Bertz CT molecular complexity index is 1140. The van der Waals surface area contributed by atoms with Crippen LogP contribution in [0.5, 0.6) is 5.75 Å². The molecule has 0 bridgehead atoms. The molecule has 0 aliphatic rings. The molecular weight excluding hydrogens is 416 g/mol. The standard InChI is InChI=1S/C26H32N4O3/c1-16(2)13-23(29-24(31)15-33-25-17(3)9-8-10-18(25)4)26(32)30-27-14-21-19(5)28-22-12-7-6-11-20(21)22/h6-12,14,16,23,28H,13,15H2,1-5H3,(H,29,31)(H,30,32)/b27-14-/t23-/m1/s1. The minimum atomic E-state index is -0.708. The molecule has 33 heavy (non-hydrogen) atoms. The van der Waals surface area contributed by atoms with Gasteiger partial charge in [0.15, 0.2) is 6.61 Å². The lowest BCUT2D eigenvalue weighted by molar-refractivity contribution is -0.130. The number of rotatable bonds is 9. The van der Waals surface area contributed by atoms with E-state index in [1.807, 2.05) is 77.1 Å². The Hall–Kier alpha value is -3.61. The van der Waals surface area contributed by atoms with E-state index in [9.17, 15) is 9.59 Å². The highest BCUT2D eigenvalue weighted by molar-refractivity contribution is 6.01. The third-order valence-corrected chi connectivity index (χ3v) is 5.43. The van der Waals surface area contributed by atoms with Gasteiger partial charge >= 0.3 is 0 Å². The van der Waals surface area contributed by atoms with E-state index in [4.69, 9.17) is 4.74 Å². The number of ether oxygens (including phenoxy) is 1. The molecule has 0 aliphatic heterocycles. The van der Waals surface area contributed by atoms with E-state index in [0.717, 1.165) is 33.3 Å². The molecule has 3 rings (SSSR count). The predicted molar refractivity (Wildman–Crippen MR) is 132 cm³/mol. The van der Waals surface area contributed by atoms with Gasteiger partial charge in [0.2, 0.25) is 0 Å². The summed E-state index contributed by atoms with van der Waals surface area (Å²) in [5.41, 5.74) is 7.38. The second-order valence-electron chi connectivity index (χ2n) is 8.70. The summed E-state index contributed by atoms with van der Waals surface area (Å²) < 4.78 is 5.72. The number of H-pyrrole nitrogens is 1. The van der Waals surface area contributed by atoms with Gasteiger partial charge in [0.25, 0.3) is 11.8 Å². The maximum absolute atomic E-state index is 12.8. The highest BCUT2D eigenvalue weighted by Gasteiger charge is 2.22. The molecule has 174 valence electrons. The van der Waals surface area contributed by atoms with Crippen molar-refractivity contribution in [3.05, 3.63) is 64.8 Å². The summed E-state index contributed by atoms with van der Waals surface area (Å²) in [5, 5.41) is 7.97. The minimum Gasteiger partial charge on any atom is -0.483 e. The van der Waals surface area contributed by atoms with Crippen molar-refractivity contribution in [1.82, 2.24) is 15.7 Å². The zero-order valence-corrected chi connectivity index (χ0v) is 19.9. The molecule has 0 unspecified atom stereocenters. The summed E-state index contributed by atoms with van der Waals surface area (Å²) in [6.07, 6.45) is 2.12. The van der Waals surface area contributed by atoms with E-state index in [2.05, 4.69) is 20.8 Å². The molecule has 0 fully saturated rings. The maximum Gasteiger partial charge on any atom is 0.262 e. The van der Waals surface area contributed by atoms with Gasteiger partial charge in [-0.15, -0.1) is 0 Å². The van der Waals surface area contributed by atoms with Crippen molar-refractivity contribution in [2.24, 2.45) is 11.0 Å². The van der Waals surface area contributed by atoms with Crippen LogP contribution in [0.1, 0.15) is 42.7 Å². The zero-order valence-electron chi connectivity index (χ0n) is 19.9. The van der Waals surface area contributed by atoms with Crippen LogP contribution in [0.25, 0.3) is 10.9 Å². The van der Waals surface area contributed by atoms with Crippen molar-refractivity contribution >= 4 is 28.9 Å². The maximum atomic E-state index is 12.8. The molecule has 2 amide bonds. The Morgan fingerprint density at radius 3 is 2.45 bits per heavy atom. The number of amides is 2. The van der Waals surface area contributed by atoms with Gasteiger partial charge in [0.05, 0.1) is 6.21 Å². The molecule has 0 saturated heterocycles. The smallest absolute Gasteiger partial charge is 0.262 e. The fourth-order valence-corrected chi connectivity index (χ4v) is 3.81. The summed E-state index contributed by atoms with van der Waals surface area (Å²) in [5.74, 6) is 0.185. The molecule has 0 spiro atoms. The third-order valence-electron chi connectivity index (χ3n) is 5.43. The number of para-hydroxylation sites is 2. The first-order valence-electron chi connectivity index (χ1n) is 11.1. The summed E-state index contributed by atoms with van der Waals surface area (Å²) in [4.78, 5) is 28.6. The number of carbonyl (C=O) groups excluding carboxylic acids is 2. The van der Waals surface area contributed by atoms with Crippen LogP contribution in [0.15, 0.2) is 47.6 Å². The predicted octanol–water partition coefficient (Wildman–Crippen LogP) is 4.15. The number of carbonyl (C=O) groups is 2. The highest BCUT2D eigenvalue weighted by atomic mass is 16.5. The van der Waals surface area contributed by atoms with Gasteiger partial charge in [-0.2, -0.15) is 5.10 Å². The van der Waals surface area contributed by atoms with Crippen LogP contribution in [0.2, 0.25) is 0 Å². The number of hydrogen-bond donors (Lipinski definition) is 3. The second kappa shape index (κ2) is 10.8. The summed E-state index contributed by atoms with van der Waals surface area (Å²) in [7, 11) is 0. The van der Waals surface area contributed by atoms with Crippen molar-refractivity contribution in [1.29, 1.82) is 0 Å². The lowest BCUT2D eigenvalue weighted by Crippen LogP contribution is -2.47. The fourth-order valence-electron chi connectivity index (χ4n) is 3.81. The largest absolute Gasteiger partial charge is 0.483 e. The van der Waals surface area contributed by atoms with Crippen molar-refractivity contribution in [2.45, 2.75) is 47.1 Å². The summed E-state index contributed by atoms with van der Waals surface area (Å²) in [6.45, 7) is 9.66. The SMILES string of the molecule is Cc1cccc(C)c1OCC(=O)N[C@H](CC(C)C)C(=O)N/N=C\c1c(C)[nH]c2ccccc12. The molecular formula is C26H32N4O3. The minimum absolute atomic E-state index is 0.161. The monoisotopic (exact) mass is 448 g/mol. The highest BCUT2D eigenvalue weighted by Crippen LogP contribution is 2.22. The van der Waals surface area contributed by atoms with Crippen LogP contribution in [-0.4, -0.2) is 35.7 Å². The molecule has 3 N–H and O–H groups in total. The quantitative estimate of drug-likeness (QED) is 0.339.